The highest BCUT2D eigenvalue weighted by molar-refractivity contribution is 5.75. The summed E-state index contributed by atoms with van der Waals surface area (Å²) in [4.78, 5) is 14.2. The van der Waals surface area contributed by atoms with Gasteiger partial charge in [0.25, 0.3) is 0 Å². The van der Waals surface area contributed by atoms with Gasteiger partial charge >= 0.3 is 12.3 Å². The Morgan fingerprint density at radius 2 is 2.00 bits per heavy atom. The van der Waals surface area contributed by atoms with Crippen molar-refractivity contribution < 1.29 is 27.4 Å². The molecule has 2 aliphatic rings. The van der Waals surface area contributed by atoms with Gasteiger partial charge in [-0.1, -0.05) is 12.1 Å². The molecule has 0 aromatic heterocycles. The number of carbonyl (C=O) groups is 1. The Balaban J connectivity index is 1.94. The maximum atomic E-state index is 13.3. The van der Waals surface area contributed by atoms with E-state index in [-0.39, 0.29) is 19.3 Å². The third-order valence-corrected chi connectivity index (χ3v) is 4.62. The summed E-state index contributed by atoms with van der Waals surface area (Å²) < 4.78 is 50.8. The molecule has 1 fully saturated rings. The first-order valence-electron chi connectivity index (χ1n) is 8.91. The number of morpholine rings is 1. The number of alkyl halides is 3. The van der Waals surface area contributed by atoms with E-state index in [1.165, 1.54) is 12.1 Å². The molecule has 28 heavy (non-hydrogen) atoms. The van der Waals surface area contributed by atoms with Crippen LogP contribution in [0.3, 0.4) is 0 Å². The van der Waals surface area contributed by atoms with E-state index in [1.54, 1.807) is 37.8 Å². The molecule has 1 saturated heterocycles. The van der Waals surface area contributed by atoms with Crippen LogP contribution in [0.5, 0.6) is 0 Å². The van der Waals surface area contributed by atoms with Crippen LogP contribution in [0.25, 0.3) is 5.57 Å². The second kappa shape index (κ2) is 7.13. The van der Waals surface area contributed by atoms with Gasteiger partial charge in [0.1, 0.15) is 5.60 Å². The normalized spacial score (nSPS) is 22.3. The lowest BCUT2D eigenvalue weighted by Crippen LogP contribution is -2.57. The lowest BCUT2D eigenvalue weighted by Gasteiger charge is -2.44. The Morgan fingerprint density at radius 3 is 2.57 bits per heavy atom. The Kier molecular flexibility index (Phi) is 5.15. The van der Waals surface area contributed by atoms with Gasteiger partial charge in [0, 0.05) is 0 Å². The van der Waals surface area contributed by atoms with Crippen LogP contribution in [-0.2, 0) is 15.7 Å². The Labute approximate surface area is 161 Å². The molecule has 150 valence electrons. The molecule has 0 radical (unpaired) electrons. The van der Waals surface area contributed by atoms with Crippen LogP contribution in [0.2, 0.25) is 0 Å². The van der Waals surface area contributed by atoms with Gasteiger partial charge in [-0.2, -0.15) is 18.4 Å². The van der Waals surface area contributed by atoms with Crippen LogP contribution in [0, 0.1) is 11.3 Å². The molecule has 8 heteroatoms. The molecule has 2 unspecified atom stereocenters. The highest BCUT2D eigenvalue weighted by atomic mass is 19.4. The summed E-state index contributed by atoms with van der Waals surface area (Å²) in [7, 11) is 0. The zero-order valence-electron chi connectivity index (χ0n) is 15.8. The second-order valence-electron chi connectivity index (χ2n) is 7.91. The van der Waals surface area contributed by atoms with Crippen molar-refractivity contribution in [3.05, 3.63) is 41.0 Å². The van der Waals surface area contributed by atoms with E-state index in [2.05, 4.69) is 0 Å². The van der Waals surface area contributed by atoms with Crippen LogP contribution in [-0.4, -0.2) is 41.9 Å². The van der Waals surface area contributed by atoms with Crippen molar-refractivity contribution >= 4 is 11.7 Å². The van der Waals surface area contributed by atoms with Gasteiger partial charge in [0.05, 0.1) is 42.5 Å². The fraction of sp³-hybridized carbons (Fsp3) is 0.500. The summed E-state index contributed by atoms with van der Waals surface area (Å²) in [6, 6.07) is 4.56. The van der Waals surface area contributed by atoms with Gasteiger partial charge < -0.3 is 9.47 Å². The molecule has 0 spiro atoms. The van der Waals surface area contributed by atoms with Crippen LogP contribution >= 0.6 is 0 Å². The highest BCUT2D eigenvalue weighted by Gasteiger charge is 2.41. The molecule has 0 saturated carbocycles. The van der Waals surface area contributed by atoms with Gasteiger partial charge in [-0.3, -0.25) is 4.90 Å². The molecule has 0 N–H and O–H groups in total. The van der Waals surface area contributed by atoms with Gasteiger partial charge in [0.15, 0.2) is 0 Å². The van der Waals surface area contributed by atoms with Crippen LogP contribution < -0.4 is 0 Å². The standard InChI is InChI=1S/C20H21F3N2O3/c1-19(2,3)28-18(26)25-15-6-14(7-16(25)11-27-10-15)12-4-5-13(9-24)17(8-12)20(21,22)23/h4-6,8,15-16H,7,10-11H2,1-3H3. The fourth-order valence-electron chi connectivity index (χ4n) is 3.49. The van der Waals surface area contributed by atoms with E-state index >= 15 is 0 Å². The molecule has 3 rings (SSSR count). The third-order valence-electron chi connectivity index (χ3n) is 4.62. The molecule has 2 aliphatic heterocycles. The van der Waals surface area contributed by atoms with Crippen molar-refractivity contribution in [2.24, 2.45) is 0 Å². The SMILES string of the molecule is CC(C)(C)OC(=O)N1C2C=C(c3ccc(C#N)c(C(F)(F)F)c3)CC1COC2. The lowest BCUT2D eigenvalue weighted by atomic mass is 9.88. The topological polar surface area (TPSA) is 62.6 Å². The van der Waals surface area contributed by atoms with Crippen molar-refractivity contribution in [3.63, 3.8) is 0 Å². The number of hydrogen-bond donors (Lipinski definition) is 0. The first-order chi connectivity index (χ1) is 13.0. The quantitative estimate of drug-likeness (QED) is 0.710. The molecular formula is C20H21F3N2O3. The van der Waals surface area contributed by atoms with E-state index in [4.69, 9.17) is 14.7 Å². The van der Waals surface area contributed by atoms with Crippen molar-refractivity contribution in [2.75, 3.05) is 13.2 Å². The van der Waals surface area contributed by atoms with Crippen molar-refractivity contribution in [2.45, 2.75) is 51.1 Å². The summed E-state index contributed by atoms with van der Waals surface area (Å²) >= 11 is 0. The predicted octanol–water partition coefficient (Wildman–Crippen LogP) is 4.37. The minimum Gasteiger partial charge on any atom is -0.444 e. The van der Waals surface area contributed by atoms with E-state index in [0.717, 1.165) is 6.07 Å². The minimum atomic E-state index is -4.61. The first-order valence-corrected chi connectivity index (χ1v) is 8.91. The highest BCUT2D eigenvalue weighted by Crippen LogP contribution is 2.37. The summed E-state index contributed by atoms with van der Waals surface area (Å²) in [6.07, 6.45) is -2.98. The van der Waals surface area contributed by atoms with E-state index in [9.17, 15) is 18.0 Å². The maximum absolute atomic E-state index is 13.3. The Hall–Kier alpha value is -2.53. The van der Waals surface area contributed by atoms with Crippen molar-refractivity contribution in [1.29, 1.82) is 5.26 Å². The Bertz CT molecular complexity index is 850. The summed E-state index contributed by atoms with van der Waals surface area (Å²) in [6.45, 7) is 5.87. The zero-order chi connectivity index (χ0) is 20.7. The second-order valence-corrected chi connectivity index (χ2v) is 7.91. The molecule has 5 nitrogen and oxygen atoms in total. The number of rotatable bonds is 1. The fourth-order valence-corrected chi connectivity index (χ4v) is 3.49. The monoisotopic (exact) mass is 394 g/mol. The molecular weight excluding hydrogens is 373 g/mol. The number of halogens is 3. The van der Waals surface area contributed by atoms with Crippen LogP contribution in [0.1, 0.15) is 43.9 Å². The smallest absolute Gasteiger partial charge is 0.417 e. The number of benzene rings is 1. The minimum absolute atomic E-state index is 0.252. The molecule has 2 bridgehead atoms. The average molecular weight is 394 g/mol. The van der Waals surface area contributed by atoms with E-state index < -0.39 is 35.0 Å². The van der Waals surface area contributed by atoms with Crippen molar-refractivity contribution in [1.82, 2.24) is 4.90 Å². The largest absolute Gasteiger partial charge is 0.444 e. The van der Waals surface area contributed by atoms with Gasteiger partial charge in [-0.05, 0) is 50.5 Å². The number of fused-ring (bicyclic) bond motifs is 2. The Morgan fingerprint density at radius 1 is 1.29 bits per heavy atom. The van der Waals surface area contributed by atoms with E-state index in [1.807, 2.05) is 0 Å². The number of ether oxygens (including phenoxy) is 2. The van der Waals surface area contributed by atoms with Crippen molar-refractivity contribution in [3.8, 4) is 6.07 Å². The molecule has 1 amide bonds. The average Bonchev–Trinajstić information content (AvgIpc) is 2.57. The number of hydrogen-bond acceptors (Lipinski definition) is 4. The summed E-state index contributed by atoms with van der Waals surface area (Å²) in [5.74, 6) is 0. The van der Waals surface area contributed by atoms with Gasteiger partial charge in [-0.25, -0.2) is 4.79 Å². The molecule has 1 aromatic carbocycles. The van der Waals surface area contributed by atoms with Crippen LogP contribution in [0.15, 0.2) is 24.3 Å². The number of nitrogens with zero attached hydrogens (tertiary/aromatic N) is 2. The molecule has 2 atom stereocenters. The first kappa shape index (κ1) is 20.2. The summed E-state index contributed by atoms with van der Waals surface area (Å²) in [5.41, 5.74) is -0.915. The zero-order valence-corrected chi connectivity index (χ0v) is 15.8. The maximum Gasteiger partial charge on any atom is 0.417 e. The number of amides is 1. The van der Waals surface area contributed by atoms with Crippen LogP contribution in [0.4, 0.5) is 18.0 Å². The predicted molar refractivity (Wildman–Crippen MR) is 95.2 cm³/mol. The van der Waals surface area contributed by atoms with Gasteiger partial charge in [0.2, 0.25) is 0 Å². The lowest BCUT2D eigenvalue weighted by molar-refractivity contribution is -0.137. The molecule has 0 aliphatic carbocycles. The molecule has 1 aromatic rings. The summed E-state index contributed by atoms with van der Waals surface area (Å²) in [5, 5.41) is 8.96. The van der Waals surface area contributed by atoms with Gasteiger partial charge in [-0.15, -0.1) is 0 Å². The number of carbonyl (C=O) groups excluding carboxylic acids is 1. The van der Waals surface area contributed by atoms with E-state index in [0.29, 0.717) is 17.6 Å². The molecule has 2 heterocycles. The number of nitriles is 1. The third kappa shape index (κ3) is 4.14.